The standard InChI is InChI=1S/C12H21N5O/c1-10-9-14-12(13)15-11(10)17-4-2-3-16(5-6-17)7-8-18/h9,18H,2-8H2,1H3,(H2,13,14,15). The number of nitrogens with zero attached hydrogens (tertiary/aromatic N) is 4. The van der Waals surface area contributed by atoms with Crippen molar-refractivity contribution < 1.29 is 5.11 Å². The molecule has 0 aromatic carbocycles. The molecule has 0 atom stereocenters. The van der Waals surface area contributed by atoms with Gasteiger partial charge in [-0.1, -0.05) is 0 Å². The molecule has 0 amide bonds. The average Bonchev–Trinajstić information content (AvgIpc) is 2.58. The number of hydrogen-bond acceptors (Lipinski definition) is 6. The quantitative estimate of drug-likeness (QED) is 0.779. The number of nitrogen functional groups attached to an aromatic ring is 1. The fourth-order valence-corrected chi connectivity index (χ4v) is 2.31. The van der Waals surface area contributed by atoms with E-state index in [0.717, 1.165) is 50.5 Å². The summed E-state index contributed by atoms with van der Waals surface area (Å²) >= 11 is 0. The van der Waals surface area contributed by atoms with Crippen LogP contribution in [-0.4, -0.2) is 59.3 Å². The van der Waals surface area contributed by atoms with E-state index in [1.165, 1.54) is 0 Å². The maximum absolute atomic E-state index is 8.98. The Labute approximate surface area is 107 Å². The number of nitrogens with two attached hydrogens (primary N) is 1. The smallest absolute Gasteiger partial charge is 0.221 e. The molecule has 1 aliphatic rings. The van der Waals surface area contributed by atoms with Gasteiger partial charge in [0.1, 0.15) is 5.82 Å². The summed E-state index contributed by atoms with van der Waals surface area (Å²) in [5.41, 5.74) is 6.71. The summed E-state index contributed by atoms with van der Waals surface area (Å²) in [6.45, 7) is 6.83. The molecular formula is C12H21N5O. The Morgan fingerprint density at radius 3 is 2.94 bits per heavy atom. The lowest BCUT2D eigenvalue weighted by molar-refractivity contribution is 0.204. The molecule has 1 aliphatic heterocycles. The Morgan fingerprint density at radius 2 is 2.17 bits per heavy atom. The number of aliphatic hydroxyl groups is 1. The Balaban J connectivity index is 2.07. The van der Waals surface area contributed by atoms with Crippen LogP contribution in [0.4, 0.5) is 11.8 Å². The highest BCUT2D eigenvalue weighted by Crippen LogP contribution is 2.18. The molecule has 0 saturated carbocycles. The zero-order chi connectivity index (χ0) is 13.0. The van der Waals surface area contributed by atoms with Gasteiger partial charge in [-0.15, -0.1) is 0 Å². The van der Waals surface area contributed by atoms with Gasteiger partial charge in [0, 0.05) is 37.9 Å². The topological polar surface area (TPSA) is 78.5 Å². The van der Waals surface area contributed by atoms with Crippen molar-refractivity contribution in [3.05, 3.63) is 11.8 Å². The second-order valence-corrected chi connectivity index (χ2v) is 4.64. The van der Waals surface area contributed by atoms with Crippen LogP contribution in [0.3, 0.4) is 0 Å². The van der Waals surface area contributed by atoms with Crippen molar-refractivity contribution in [2.75, 3.05) is 50.0 Å². The van der Waals surface area contributed by atoms with Crippen LogP contribution in [0.25, 0.3) is 0 Å². The van der Waals surface area contributed by atoms with Crippen molar-refractivity contribution in [2.24, 2.45) is 0 Å². The van der Waals surface area contributed by atoms with Crippen molar-refractivity contribution in [3.63, 3.8) is 0 Å². The lowest BCUT2D eigenvalue weighted by atomic mass is 10.3. The maximum Gasteiger partial charge on any atom is 0.221 e. The molecule has 3 N–H and O–H groups in total. The number of β-amino-alcohol motifs (C(OH)–C–C–N with tert-alkyl or cyclic N) is 1. The summed E-state index contributed by atoms with van der Waals surface area (Å²) in [4.78, 5) is 12.9. The first-order valence-corrected chi connectivity index (χ1v) is 6.38. The first-order valence-electron chi connectivity index (χ1n) is 6.38. The van der Waals surface area contributed by atoms with E-state index in [-0.39, 0.29) is 6.61 Å². The molecule has 1 saturated heterocycles. The third-order valence-electron chi connectivity index (χ3n) is 3.27. The number of hydrogen-bond donors (Lipinski definition) is 2. The Kier molecular flexibility index (Phi) is 4.33. The van der Waals surface area contributed by atoms with Crippen molar-refractivity contribution in [2.45, 2.75) is 13.3 Å². The zero-order valence-electron chi connectivity index (χ0n) is 10.8. The molecule has 1 aromatic heterocycles. The summed E-state index contributed by atoms with van der Waals surface area (Å²) in [6.07, 6.45) is 2.84. The third-order valence-corrected chi connectivity index (χ3v) is 3.27. The zero-order valence-corrected chi connectivity index (χ0v) is 10.8. The summed E-state index contributed by atoms with van der Waals surface area (Å²) in [5, 5.41) is 8.98. The molecule has 0 unspecified atom stereocenters. The van der Waals surface area contributed by atoms with Gasteiger partial charge in [0.25, 0.3) is 0 Å². The molecule has 2 heterocycles. The van der Waals surface area contributed by atoms with Gasteiger partial charge in [0.2, 0.25) is 5.95 Å². The van der Waals surface area contributed by atoms with E-state index in [4.69, 9.17) is 10.8 Å². The second-order valence-electron chi connectivity index (χ2n) is 4.64. The van der Waals surface area contributed by atoms with E-state index in [9.17, 15) is 0 Å². The van der Waals surface area contributed by atoms with E-state index < -0.39 is 0 Å². The van der Waals surface area contributed by atoms with Crippen molar-refractivity contribution >= 4 is 11.8 Å². The first kappa shape index (κ1) is 13.0. The monoisotopic (exact) mass is 251 g/mol. The fourth-order valence-electron chi connectivity index (χ4n) is 2.31. The van der Waals surface area contributed by atoms with Gasteiger partial charge in [0.05, 0.1) is 6.61 Å². The van der Waals surface area contributed by atoms with Crippen LogP contribution in [0.5, 0.6) is 0 Å². The Bertz CT molecular complexity index is 398. The van der Waals surface area contributed by atoms with E-state index in [2.05, 4.69) is 19.8 Å². The summed E-state index contributed by atoms with van der Waals surface area (Å²) in [7, 11) is 0. The minimum atomic E-state index is 0.222. The molecular weight excluding hydrogens is 230 g/mol. The van der Waals surface area contributed by atoms with Crippen LogP contribution in [-0.2, 0) is 0 Å². The van der Waals surface area contributed by atoms with Gasteiger partial charge in [-0.25, -0.2) is 4.98 Å². The highest BCUT2D eigenvalue weighted by molar-refractivity contribution is 5.48. The molecule has 1 aromatic rings. The van der Waals surface area contributed by atoms with Gasteiger partial charge in [-0.05, 0) is 19.9 Å². The Morgan fingerprint density at radius 1 is 1.33 bits per heavy atom. The number of aromatic nitrogens is 2. The summed E-state index contributed by atoms with van der Waals surface area (Å²) in [6, 6.07) is 0. The molecule has 0 aliphatic carbocycles. The minimum absolute atomic E-state index is 0.222. The first-order chi connectivity index (χ1) is 8.70. The molecule has 2 rings (SSSR count). The lowest BCUT2D eigenvalue weighted by Crippen LogP contribution is -2.33. The summed E-state index contributed by atoms with van der Waals surface area (Å²) < 4.78 is 0. The normalized spacial score (nSPS) is 17.8. The molecule has 18 heavy (non-hydrogen) atoms. The SMILES string of the molecule is Cc1cnc(N)nc1N1CCCN(CCO)CC1. The second kappa shape index (κ2) is 5.97. The molecule has 6 nitrogen and oxygen atoms in total. The minimum Gasteiger partial charge on any atom is -0.395 e. The summed E-state index contributed by atoms with van der Waals surface area (Å²) in [5.74, 6) is 1.26. The van der Waals surface area contributed by atoms with Crippen molar-refractivity contribution in [1.82, 2.24) is 14.9 Å². The van der Waals surface area contributed by atoms with Gasteiger partial charge in [-0.2, -0.15) is 4.98 Å². The number of aliphatic hydroxyl groups excluding tert-OH is 1. The van der Waals surface area contributed by atoms with E-state index in [1.807, 2.05) is 6.92 Å². The van der Waals surface area contributed by atoms with Crippen LogP contribution >= 0.6 is 0 Å². The van der Waals surface area contributed by atoms with Crippen molar-refractivity contribution in [1.29, 1.82) is 0 Å². The lowest BCUT2D eigenvalue weighted by Gasteiger charge is -2.23. The van der Waals surface area contributed by atoms with Gasteiger partial charge in [0.15, 0.2) is 0 Å². The number of rotatable bonds is 3. The van der Waals surface area contributed by atoms with Gasteiger partial charge >= 0.3 is 0 Å². The van der Waals surface area contributed by atoms with E-state index in [0.29, 0.717) is 5.95 Å². The molecule has 1 fully saturated rings. The largest absolute Gasteiger partial charge is 0.395 e. The number of aryl methyl sites for hydroxylation is 1. The molecule has 6 heteroatoms. The van der Waals surface area contributed by atoms with Crippen LogP contribution in [0.2, 0.25) is 0 Å². The van der Waals surface area contributed by atoms with E-state index >= 15 is 0 Å². The molecule has 100 valence electrons. The van der Waals surface area contributed by atoms with Crippen LogP contribution in [0, 0.1) is 6.92 Å². The van der Waals surface area contributed by atoms with Gasteiger partial charge < -0.3 is 15.7 Å². The van der Waals surface area contributed by atoms with Crippen LogP contribution in [0.1, 0.15) is 12.0 Å². The maximum atomic E-state index is 8.98. The van der Waals surface area contributed by atoms with Gasteiger partial charge in [-0.3, -0.25) is 4.90 Å². The highest BCUT2D eigenvalue weighted by Gasteiger charge is 2.17. The Hall–Kier alpha value is -1.40. The highest BCUT2D eigenvalue weighted by atomic mass is 16.3. The van der Waals surface area contributed by atoms with Crippen LogP contribution < -0.4 is 10.6 Å². The number of anilines is 2. The third kappa shape index (κ3) is 3.08. The molecule has 0 bridgehead atoms. The fraction of sp³-hybridized carbons (Fsp3) is 0.667. The van der Waals surface area contributed by atoms with E-state index in [1.54, 1.807) is 6.20 Å². The van der Waals surface area contributed by atoms with Crippen LogP contribution in [0.15, 0.2) is 6.20 Å². The van der Waals surface area contributed by atoms with Crippen molar-refractivity contribution in [3.8, 4) is 0 Å². The molecule has 0 spiro atoms. The molecule has 0 radical (unpaired) electrons. The predicted molar refractivity (Wildman–Crippen MR) is 71.5 cm³/mol. The average molecular weight is 251 g/mol. The predicted octanol–water partition coefficient (Wildman–Crippen LogP) is -0.128.